The first-order valence-electron chi connectivity index (χ1n) is 6.56. The van der Waals surface area contributed by atoms with Crippen molar-refractivity contribution >= 4 is 11.6 Å². The van der Waals surface area contributed by atoms with E-state index in [2.05, 4.69) is 39.4 Å². The second-order valence-corrected chi connectivity index (χ2v) is 4.15. The molecule has 0 amide bonds. The van der Waals surface area contributed by atoms with Crippen molar-refractivity contribution in [2.45, 2.75) is 26.8 Å². The van der Waals surface area contributed by atoms with Crippen LogP contribution in [-0.4, -0.2) is 21.5 Å². The molecular weight excluding hydrogens is 238 g/mol. The van der Waals surface area contributed by atoms with Gasteiger partial charge in [-0.05, 0) is 18.6 Å². The lowest BCUT2D eigenvalue weighted by molar-refractivity contribution is 0.929. The predicted molar refractivity (Wildman–Crippen MR) is 77.1 cm³/mol. The van der Waals surface area contributed by atoms with Crippen LogP contribution >= 0.6 is 0 Å². The van der Waals surface area contributed by atoms with Crippen LogP contribution in [0.2, 0.25) is 0 Å². The van der Waals surface area contributed by atoms with Crippen molar-refractivity contribution in [3.63, 3.8) is 0 Å². The monoisotopic (exact) mass is 257 g/mol. The topological polar surface area (TPSA) is 62.7 Å². The van der Waals surface area contributed by atoms with E-state index in [9.17, 15) is 0 Å². The van der Waals surface area contributed by atoms with E-state index in [0.29, 0.717) is 6.54 Å². The molecule has 0 saturated carbocycles. The third-order valence-corrected chi connectivity index (χ3v) is 2.64. The predicted octanol–water partition coefficient (Wildman–Crippen LogP) is 2.48. The smallest absolute Gasteiger partial charge is 0.132 e. The summed E-state index contributed by atoms with van der Waals surface area (Å²) in [5.74, 6) is 2.54. The largest absolute Gasteiger partial charge is 0.370 e. The van der Waals surface area contributed by atoms with Gasteiger partial charge in [0, 0.05) is 38.0 Å². The van der Waals surface area contributed by atoms with Gasteiger partial charge in [0.25, 0.3) is 0 Å². The fourth-order valence-corrected chi connectivity index (χ4v) is 1.71. The molecular formula is C14H19N5. The number of nitrogens with zero attached hydrogens (tertiary/aromatic N) is 3. The van der Waals surface area contributed by atoms with E-state index in [1.807, 2.05) is 24.4 Å². The van der Waals surface area contributed by atoms with Gasteiger partial charge in [-0.15, -0.1) is 0 Å². The molecule has 0 bridgehead atoms. The molecule has 0 fully saturated rings. The van der Waals surface area contributed by atoms with Crippen LogP contribution in [0.4, 0.5) is 11.6 Å². The summed E-state index contributed by atoms with van der Waals surface area (Å²) in [5, 5.41) is 6.52. The van der Waals surface area contributed by atoms with E-state index >= 15 is 0 Å². The fourth-order valence-electron chi connectivity index (χ4n) is 1.71. The minimum Gasteiger partial charge on any atom is -0.370 e. The zero-order valence-corrected chi connectivity index (χ0v) is 11.3. The van der Waals surface area contributed by atoms with Crippen LogP contribution in [-0.2, 0) is 13.0 Å². The average Bonchev–Trinajstić information content (AvgIpc) is 2.46. The highest BCUT2D eigenvalue weighted by atomic mass is 15.1. The number of aryl methyl sites for hydroxylation is 1. The molecule has 0 radical (unpaired) electrons. The second-order valence-electron chi connectivity index (χ2n) is 4.15. The van der Waals surface area contributed by atoms with Crippen LogP contribution in [0.1, 0.15) is 25.2 Å². The van der Waals surface area contributed by atoms with E-state index in [1.165, 1.54) is 0 Å². The van der Waals surface area contributed by atoms with Gasteiger partial charge in [-0.1, -0.05) is 13.0 Å². The molecule has 0 aliphatic rings. The van der Waals surface area contributed by atoms with Crippen molar-refractivity contribution in [3.8, 4) is 0 Å². The van der Waals surface area contributed by atoms with Gasteiger partial charge in [0.2, 0.25) is 0 Å². The van der Waals surface area contributed by atoms with E-state index in [-0.39, 0.29) is 0 Å². The van der Waals surface area contributed by atoms with Crippen LogP contribution in [0.25, 0.3) is 0 Å². The van der Waals surface area contributed by atoms with Gasteiger partial charge >= 0.3 is 0 Å². The molecule has 0 aromatic carbocycles. The standard InChI is InChI=1S/C14H19N5/c1-3-12-18-13(16-4-2)8-14(19-12)17-10-11-6-5-7-15-9-11/h5-9H,3-4,10H2,1-2H3,(H2,16,17,18,19). The maximum absolute atomic E-state index is 4.47. The Morgan fingerprint density at radius 3 is 2.53 bits per heavy atom. The number of nitrogens with one attached hydrogen (secondary N) is 2. The molecule has 0 aliphatic heterocycles. The highest BCUT2D eigenvalue weighted by Crippen LogP contribution is 2.12. The quantitative estimate of drug-likeness (QED) is 0.832. The number of hydrogen-bond acceptors (Lipinski definition) is 5. The molecule has 2 aromatic rings. The minimum atomic E-state index is 0.708. The fraction of sp³-hybridized carbons (Fsp3) is 0.357. The molecule has 5 nitrogen and oxygen atoms in total. The zero-order valence-electron chi connectivity index (χ0n) is 11.3. The second kappa shape index (κ2) is 6.68. The summed E-state index contributed by atoms with van der Waals surface area (Å²) < 4.78 is 0. The number of hydrogen-bond donors (Lipinski definition) is 2. The summed E-state index contributed by atoms with van der Waals surface area (Å²) in [4.78, 5) is 13.0. The summed E-state index contributed by atoms with van der Waals surface area (Å²) in [5.41, 5.74) is 1.13. The summed E-state index contributed by atoms with van der Waals surface area (Å²) in [6, 6.07) is 5.89. The highest BCUT2D eigenvalue weighted by molar-refractivity contribution is 5.47. The number of pyridine rings is 1. The number of aromatic nitrogens is 3. The Hall–Kier alpha value is -2.17. The van der Waals surface area contributed by atoms with E-state index in [4.69, 9.17) is 0 Å². The Morgan fingerprint density at radius 2 is 1.89 bits per heavy atom. The first-order chi connectivity index (χ1) is 9.31. The van der Waals surface area contributed by atoms with Gasteiger partial charge in [-0.25, -0.2) is 9.97 Å². The lowest BCUT2D eigenvalue weighted by Gasteiger charge is -2.10. The van der Waals surface area contributed by atoms with Gasteiger partial charge in [0.15, 0.2) is 0 Å². The lowest BCUT2D eigenvalue weighted by Crippen LogP contribution is -2.07. The zero-order chi connectivity index (χ0) is 13.5. The third-order valence-electron chi connectivity index (χ3n) is 2.64. The van der Waals surface area contributed by atoms with E-state index < -0.39 is 0 Å². The van der Waals surface area contributed by atoms with Crippen LogP contribution in [0.5, 0.6) is 0 Å². The first-order valence-corrected chi connectivity index (χ1v) is 6.56. The van der Waals surface area contributed by atoms with Crippen molar-refractivity contribution in [1.82, 2.24) is 15.0 Å². The molecule has 19 heavy (non-hydrogen) atoms. The van der Waals surface area contributed by atoms with Crippen LogP contribution < -0.4 is 10.6 Å². The average molecular weight is 257 g/mol. The molecule has 2 rings (SSSR count). The first kappa shape index (κ1) is 13.3. The summed E-state index contributed by atoms with van der Waals surface area (Å²) in [6.07, 6.45) is 4.44. The molecule has 5 heteroatoms. The highest BCUT2D eigenvalue weighted by Gasteiger charge is 2.02. The molecule has 2 N–H and O–H groups in total. The summed E-state index contributed by atoms with van der Waals surface area (Å²) >= 11 is 0. The SMILES string of the molecule is CCNc1cc(NCc2cccnc2)nc(CC)n1. The molecule has 2 heterocycles. The normalized spacial score (nSPS) is 10.2. The number of rotatable bonds is 6. The number of anilines is 2. The lowest BCUT2D eigenvalue weighted by atomic mass is 10.3. The van der Waals surface area contributed by atoms with Gasteiger partial charge in [0.1, 0.15) is 17.5 Å². The van der Waals surface area contributed by atoms with Crippen molar-refractivity contribution in [3.05, 3.63) is 42.0 Å². The third kappa shape index (κ3) is 3.91. The molecule has 0 unspecified atom stereocenters. The molecule has 2 aromatic heterocycles. The van der Waals surface area contributed by atoms with Crippen molar-refractivity contribution in [1.29, 1.82) is 0 Å². The molecule has 0 aliphatic carbocycles. The van der Waals surface area contributed by atoms with Crippen molar-refractivity contribution < 1.29 is 0 Å². The van der Waals surface area contributed by atoms with Crippen molar-refractivity contribution in [2.24, 2.45) is 0 Å². The van der Waals surface area contributed by atoms with Gasteiger partial charge in [-0.2, -0.15) is 0 Å². The van der Waals surface area contributed by atoms with Crippen LogP contribution in [0.3, 0.4) is 0 Å². The van der Waals surface area contributed by atoms with E-state index in [0.717, 1.165) is 36.0 Å². The maximum Gasteiger partial charge on any atom is 0.132 e. The Morgan fingerprint density at radius 1 is 1.11 bits per heavy atom. The Kier molecular flexibility index (Phi) is 4.66. The maximum atomic E-state index is 4.47. The Bertz CT molecular complexity index is 512. The van der Waals surface area contributed by atoms with Crippen LogP contribution in [0, 0.1) is 0 Å². The summed E-state index contributed by atoms with van der Waals surface area (Å²) in [6.45, 7) is 5.66. The van der Waals surface area contributed by atoms with Crippen LogP contribution in [0.15, 0.2) is 30.6 Å². The van der Waals surface area contributed by atoms with Gasteiger partial charge < -0.3 is 10.6 Å². The molecule has 100 valence electrons. The Labute approximate surface area is 113 Å². The molecule has 0 saturated heterocycles. The van der Waals surface area contributed by atoms with Gasteiger partial charge in [0.05, 0.1) is 0 Å². The minimum absolute atomic E-state index is 0.708. The molecule has 0 spiro atoms. The van der Waals surface area contributed by atoms with Crippen molar-refractivity contribution in [2.75, 3.05) is 17.2 Å². The van der Waals surface area contributed by atoms with Gasteiger partial charge in [-0.3, -0.25) is 4.98 Å². The summed E-state index contributed by atoms with van der Waals surface area (Å²) in [7, 11) is 0. The molecule has 0 atom stereocenters. The van der Waals surface area contributed by atoms with E-state index in [1.54, 1.807) is 6.20 Å². The Balaban J connectivity index is 2.08.